The van der Waals surface area contributed by atoms with Crippen LogP contribution in [0.15, 0.2) is 60.9 Å². The second kappa shape index (κ2) is 9.78. The van der Waals surface area contributed by atoms with Crippen LogP contribution in [0.1, 0.15) is 23.1 Å². The zero-order valence-corrected chi connectivity index (χ0v) is 17.2. The normalized spacial score (nSPS) is 10.6. The molecule has 6 nitrogen and oxygen atoms in total. The zero-order valence-electron chi connectivity index (χ0n) is 17.2. The molecule has 6 heteroatoms. The van der Waals surface area contributed by atoms with E-state index in [1.807, 2.05) is 60.5 Å². The van der Waals surface area contributed by atoms with Crippen molar-refractivity contribution in [2.75, 3.05) is 21.3 Å². The molecule has 152 valence electrons. The molecule has 0 atom stereocenters. The number of hydrogen-bond donors (Lipinski definition) is 0. The lowest BCUT2D eigenvalue weighted by Gasteiger charge is -2.16. The van der Waals surface area contributed by atoms with E-state index in [1.165, 1.54) is 5.56 Å². The average molecular weight is 393 g/mol. The Bertz CT molecular complexity index is 938. The van der Waals surface area contributed by atoms with Gasteiger partial charge in [0, 0.05) is 31.8 Å². The number of ether oxygens (including phenoxy) is 2. The minimum absolute atomic E-state index is 0.0931. The number of amides is 1. The Morgan fingerprint density at radius 1 is 1.00 bits per heavy atom. The number of methoxy groups -OCH3 is 2. The first-order valence-corrected chi connectivity index (χ1v) is 9.59. The molecule has 0 N–H and O–H groups in total. The van der Waals surface area contributed by atoms with E-state index in [1.54, 1.807) is 19.1 Å². The summed E-state index contributed by atoms with van der Waals surface area (Å²) in [7, 11) is 5.04. The van der Waals surface area contributed by atoms with Gasteiger partial charge in [-0.2, -0.15) is 5.10 Å². The van der Waals surface area contributed by atoms with Gasteiger partial charge in [-0.05, 0) is 29.7 Å². The molecule has 0 aliphatic rings. The van der Waals surface area contributed by atoms with Gasteiger partial charge in [0.1, 0.15) is 0 Å². The van der Waals surface area contributed by atoms with Gasteiger partial charge < -0.3 is 14.4 Å². The Morgan fingerprint density at radius 3 is 2.48 bits per heavy atom. The molecular weight excluding hydrogens is 366 g/mol. The zero-order chi connectivity index (χ0) is 20.6. The van der Waals surface area contributed by atoms with Gasteiger partial charge >= 0.3 is 0 Å². The van der Waals surface area contributed by atoms with E-state index < -0.39 is 0 Å². The van der Waals surface area contributed by atoms with Crippen molar-refractivity contribution in [1.29, 1.82) is 0 Å². The molecular formula is C23H27N3O3. The molecule has 0 aliphatic carbocycles. The maximum atomic E-state index is 12.5. The SMILES string of the molecule is COc1ccc(CCC(=O)N(C)Cc2cnn(Cc3ccccc3)c2)cc1OC. The van der Waals surface area contributed by atoms with E-state index in [4.69, 9.17) is 9.47 Å². The van der Waals surface area contributed by atoms with E-state index in [0.29, 0.717) is 30.9 Å². The molecule has 0 aliphatic heterocycles. The van der Waals surface area contributed by atoms with Crippen molar-refractivity contribution in [2.45, 2.75) is 25.9 Å². The standard InChI is InChI=1S/C23H27N3O3/c1-25(15-20-14-24-26(17-20)16-19-7-5-4-6-8-19)23(27)12-10-18-9-11-21(28-2)22(13-18)29-3/h4-9,11,13-14,17H,10,12,15-16H2,1-3H3. The van der Waals surface area contributed by atoms with E-state index >= 15 is 0 Å². The molecule has 29 heavy (non-hydrogen) atoms. The number of benzene rings is 2. The smallest absolute Gasteiger partial charge is 0.222 e. The van der Waals surface area contributed by atoms with Crippen LogP contribution in [0.5, 0.6) is 11.5 Å². The fourth-order valence-electron chi connectivity index (χ4n) is 3.19. The van der Waals surface area contributed by atoms with Crippen molar-refractivity contribution in [3.8, 4) is 11.5 Å². The number of hydrogen-bond acceptors (Lipinski definition) is 4. The summed E-state index contributed by atoms with van der Waals surface area (Å²) >= 11 is 0. The minimum atomic E-state index is 0.0931. The molecule has 3 aromatic rings. The molecule has 0 saturated carbocycles. The van der Waals surface area contributed by atoms with Crippen LogP contribution in [0, 0.1) is 0 Å². The third kappa shape index (κ3) is 5.60. The van der Waals surface area contributed by atoms with Crippen molar-refractivity contribution in [1.82, 2.24) is 14.7 Å². The van der Waals surface area contributed by atoms with Crippen LogP contribution in [-0.4, -0.2) is 41.9 Å². The fraction of sp³-hybridized carbons (Fsp3) is 0.304. The van der Waals surface area contributed by atoms with Gasteiger partial charge in [-0.15, -0.1) is 0 Å². The van der Waals surface area contributed by atoms with Crippen LogP contribution < -0.4 is 9.47 Å². The maximum absolute atomic E-state index is 12.5. The largest absolute Gasteiger partial charge is 0.493 e. The van der Waals surface area contributed by atoms with Crippen LogP contribution in [0.3, 0.4) is 0 Å². The molecule has 1 heterocycles. The molecule has 1 amide bonds. The Morgan fingerprint density at radius 2 is 1.76 bits per heavy atom. The van der Waals surface area contributed by atoms with Crippen molar-refractivity contribution in [3.05, 3.63) is 77.6 Å². The van der Waals surface area contributed by atoms with E-state index in [2.05, 4.69) is 17.2 Å². The third-order valence-electron chi connectivity index (χ3n) is 4.80. The average Bonchev–Trinajstić information content (AvgIpc) is 3.18. The number of nitrogens with zero attached hydrogens (tertiary/aromatic N) is 3. The molecule has 2 aromatic carbocycles. The number of rotatable bonds is 9. The van der Waals surface area contributed by atoms with Crippen LogP contribution in [0.25, 0.3) is 0 Å². The quantitative estimate of drug-likeness (QED) is 0.558. The highest BCUT2D eigenvalue weighted by molar-refractivity contribution is 5.76. The third-order valence-corrected chi connectivity index (χ3v) is 4.80. The minimum Gasteiger partial charge on any atom is -0.493 e. The predicted octanol–water partition coefficient (Wildman–Crippen LogP) is 3.54. The molecule has 0 unspecified atom stereocenters. The lowest BCUT2D eigenvalue weighted by Crippen LogP contribution is -2.26. The molecule has 1 aromatic heterocycles. The molecule has 3 rings (SSSR count). The van der Waals surface area contributed by atoms with E-state index in [9.17, 15) is 4.79 Å². The molecule has 0 saturated heterocycles. The first-order valence-electron chi connectivity index (χ1n) is 9.59. The Labute approximate surface area is 171 Å². The summed E-state index contributed by atoms with van der Waals surface area (Å²) in [4.78, 5) is 14.3. The van der Waals surface area contributed by atoms with Gasteiger partial charge in [0.15, 0.2) is 11.5 Å². The van der Waals surface area contributed by atoms with Gasteiger partial charge in [0.2, 0.25) is 5.91 Å². The summed E-state index contributed by atoms with van der Waals surface area (Å²) in [5, 5.41) is 4.41. The number of aromatic nitrogens is 2. The van der Waals surface area contributed by atoms with Crippen molar-refractivity contribution in [2.24, 2.45) is 0 Å². The van der Waals surface area contributed by atoms with Crippen molar-refractivity contribution >= 4 is 5.91 Å². The van der Waals surface area contributed by atoms with Gasteiger partial charge in [-0.3, -0.25) is 9.48 Å². The highest BCUT2D eigenvalue weighted by Crippen LogP contribution is 2.28. The summed E-state index contributed by atoms with van der Waals surface area (Å²) in [6.45, 7) is 1.26. The lowest BCUT2D eigenvalue weighted by atomic mass is 10.1. The summed E-state index contributed by atoms with van der Waals surface area (Å²) in [5.74, 6) is 1.46. The number of aryl methyl sites for hydroxylation is 1. The second-order valence-corrected chi connectivity index (χ2v) is 6.97. The maximum Gasteiger partial charge on any atom is 0.222 e. The highest BCUT2D eigenvalue weighted by atomic mass is 16.5. The number of carbonyl (C=O) groups excluding carboxylic acids is 1. The first-order chi connectivity index (χ1) is 14.1. The topological polar surface area (TPSA) is 56.6 Å². The Kier molecular flexibility index (Phi) is 6.89. The van der Waals surface area contributed by atoms with E-state index in [-0.39, 0.29) is 5.91 Å². The highest BCUT2D eigenvalue weighted by Gasteiger charge is 2.12. The Hall–Kier alpha value is -3.28. The molecule has 0 bridgehead atoms. The van der Waals surface area contributed by atoms with Crippen LogP contribution in [0.4, 0.5) is 0 Å². The molecule has 0 spiro atoms. The first kappa shape index (κ1) is 20.5. The summed E-state index contributed by atoms with van der Waals surface area (Å²) in [6, 6.07) is 15.9. The Balaban J connectivity index is 1.52. The second-order valence-electron chi connectivity index (χ2n) is 6.97. The molecule has 0 fully saturated rings. The van der Waals surface area contributed by atoms with Gasteiger partial charge in [-0.1, -0.05) is 36.4 Å². The monoisotopic (exact) mass is 393 g/mol. The summed E-state index contributed by atoms with van der Waals surface area (Å²) in [6.07, 6.45) is 4.90. The molecule has 0 radical (unpaired) electrons. The van der Waals surface area contributed by atoms with Crippen LogP contribution in [-0.2, 0) is 24.3 Å². The van der Waals surface area contributed by atoms with Gasteiger partial charge in [-0.25, -0.2) is 0 Å². The van der Waals surface area contributed by atoms with E-state index in [0.717, 1.165) is 17.7 Å². The van der Waals surface area contributed by atoms with Crippen LogP contribution >= 0.6 is 0 Å². The van der Waals surface area contributed by atoms with Gasteiger partial charge in [0.05, 0.1) is 27.0 Å². The predicted molar refractivity (Wildman–Crippen MR) is 112 cm³/mol. The fourth-order valence-corrected chi connectivity index (χ4v) is 3.19. The van der Waals surface area contributed by atoms with Crippen molar-refractivity contribution in [3.63, 3.8) is 0 Å². The van der Waals surface area contributed by atoms with Gasteiger partial charge in [0.25, 0.3) is 0 Å². The number of carbonyl (C=O) groups is 1. The summed E-state index contributed by atoms with van der Waals surface area (Å²) in [5.41, 5.74) is 3.25. The lowest BCUT2D eigenvalue weighted by molar-refractivity contribution is -0.130. The summed E-state index contributed by atoms with van der Waals surface area (Å²) < 4.78 is 12.5. The van der Waals surface area contributed by atoms with Crippen molar-refractivity contribution < 1.29 is 14.3 Å². The van der Waals surface area contributed by atoms with Crippen LogP contribution in [0.2, 0.25) is 0 Å².